The molecule has 1 saturated heterocycles. The molecule has 1 aliphatic rings. The Balaban J connectivity index is 2.06. The molecule has 0 bridgehead atoms. The molecule has 1 aromatic rings. The fraction of sp³-hybridized carbons (Fsp3) is 0.786. The highest BCUT2D eigenvalue weighted by Crippen LogP contribution is 2.36. The van der Waals surface area contributed by atoms with E-state index in [2.05, 4.69) is 24.1 Å². The van der Waals surface area contributed by atoms with Crippen molar-refractivity contribution in [2.45, 2.75) is 52.4 Å². The van der Waals surface area contributed by atoms with E-state index in [0.29, 0.717) is 19.0 Å². The lowest BCUT2D eigenvalue weighted by molar-refractivity contribution is -0.175. The number of piperidine rings is 1. The van der Waals surface area contributed by atoms with Crippen LogP contribution in [0, 0.1) is 12.8 Å². The van der Waals surface area contributed by atoms with Gasteiger partial charge in [-0.25, -0.2) is 4.98 Å². The van der Waals surface area contributed by atoms with Crippen LogP contribution in [0.2, 0.25) is 0 Å². The van der Waals surface area contributed by atoms with Crippen molar-refractivity contribution < 1.29 is 13.2 Å². The van der Waals surface area contributed by atoms with E-state index in [4.69, 9.17) is 0 Å². The predicted molar refractivity (Wildman–Crippen MR) is 79.8 cm³/mol. The van der Waals surface area contributed by atoms with Crippen LogP contribution in [0.4, 0.5) is 18.3 Å². The van der Waals surface area contributed by atoms with Crippen LogP contribution < -0.4 is 10.2 Å². The summed E-state index contributed by atoms with van der Waals surface area (Å²) in [4.78, 5) is 7.36. The molecule has 0 aromatic carbocycles. The highest BCUT2D eigenvalue weighted by atomic mass is 32.1. The summed E-state index contributed by atoms with van der Waals surface area (Å²) in [6.07, 6.45) is -3.30. The van der Waals surface area contributed by atoms with Crippen LogP contribution in [0.3, 0.4) is 0 Å². The number of hydrogen-bond acceptors (Lipinski definition) is 4. The molecule has 0 aliphatic carbocycles. The van der Waals surface area contributed by atoms with Gasteiger partial charge in [0.05, 0.1) is 11.6 Å². The van der Waals surface area contributed by atoms with Crippen LogP contribution in [0.1, 0.15) is 37.3 Å². The van der Waals surface area contributed by atoms with Gasteiger partial charge in [0, 0.05) is 30.6 Å². The number of aromatic nitrogens is 1. The molecule has 0 amide bonds. The highest BCUT2D eigenvalue weighted by molar-refractivity contribution is 7.15. The second-order valence-corrected chi connectivity index (χ2v) is 6.93. The molecule has 1 aromatic heterocycles. The van der Waals surface area contributed by atoms with Crippen molar-refractivity contribution in [3.63, 3.8) is 0 Å². The Labute approximate surface area is 127 Å². The van der Waals surface area contributed by atoms with E-state index in [1.54, 1.807) is 4.90 Å². The minimum absolute atomic E-state index is 0.0352. The van der Waals surface area contributed by atoms with Crippen molar-refractivity contribution in [1.82, 2.24) is 10.3 Å². The summed E-state index contributed by atoms with van der Waals surface area (Å²) in [5, 5.41) is 4.05. The quantitative estimate of drug-likeness (QED) is 0.916. The Bertz CT molecular complexity index is 471. The Morgan fingerprint density at radius 2 is 2.14 bits per heavy atom. The van der Waals surface area contributed by atoms with Gasteiger partial charge in [0.1, 0.15) is 0 Å². The summed E-state index contributed by atoms with van der Waals surface area (Å²) in [5.41, 5.74) is 0.914. The molecule has 3 nitrogen and oxygen atoms in total. The molecule has 1 N–H and O–H groups in total. The predicted octanol–water partition coefficient (Wildman–Crippen LogP) is 3.73. The SMILES string of the molecule is Cc1nc(N2CCCC(C(F)(F)F)C2)sc1CNC(C)C. The van der Waals surface area contributed by atoms with Crippen LogP contribution in [0.5, 0.6) is 0 Å². The molecule has 2 heterocycles. The third-order valence-corrected chi connectivity index (χ3v) is 4.93. The van der Waals surface area contributed by atoms with E-state index in [1.807, 2.05) is 6.92 Å². The van der Waals surface area contributed by atoms with Crippen molar-refractivity contribution in [2.24, 2.45) is 5.92 Å². The molecule has 0 radical (unpaired) electrons. The highest BCUT2D eigenvalue weighted by Gasteiger charge is 2.42. The molecule has 1 fully saturated rings. The second-order valence-electron chi connectivity index (χ2n) is 5.87. The van der Waals surface area contributed by atoms with Crippen LogP contribution in [0.15, 0.2) is 0 Å². The minimum Gasteiger partial charge on any atom is -0.347 e. The number of alkyl halides is 3. The molecular formula is C14H22F3N3S. The Morgan fingerprint density at radius 1 is 1.43 bits per heavy atom. The van der Waals surface area contributed by atoms with Crippen molar-refractivity contribution in [2.75, 3.05) is 18.0 Å². The fourth-order valence-corrected chi connectivity index (χ4v) is 3.47. The molecular weight excluding hydrogens is 299 g/mol. The molecule has 21 heavy (non-hydrogen) atoms. The Morgan fingerprint density at radius 3 is 2.76 bits per heavy atom. The average molecular weight is 321 g/mol. The molecule has 0 spiro atoms. The third-order valence-electron chi connectivity index (χ3n) is 3.71. The van der Waals surface area contributed by atoms with Gasteiger partial charge in [-0.2, -0.15) is 13.2 Å². The number of aryl methyl sites for hydroxylation is 1. The van der Waals surface area contributed by atoms with Gasteiger partial charge < -0.3 is 10.2 Å². The third kappa shape index (κ3) is 4.32. The van der Waals surface area contributed by atoms with Gasteiger partial charge in [-0.15, -0.1) is 11.3 Å². The zero-order chi connectivity index (χ0) is 15.6. The summed E-state index contributed by atoms with van der Waals surface area (Å²) in [7, 11) is 0. The smallest absolute Gasteiger partial charge is 0.347 e. The van der Waals surface area contributed by atoms with Crippen LogP contribution in [-0.4, -0.2) is 30.3 Å². The number of nitrogens with one attached hydrogen (secondary N) is 1. The molecule has 1 unspecified atom stereocenters. The zero-order valence-corrected chi connectivity index (χ0v) is 13.4. The number of rotatable bonds is 4. The normalized spacial score (nSPS) is 20.3. The molecule has 7 heteroatoms. The van der Waals surface area contributed by atoms with E-state index in [0.717, 1.165) is 22.2 Å². The van der Waals surface area contributed by atoms with E-state index in [-0.39, 0.29) is 13.0 Å². The minimum atomic E-state index is -4.10. The summed E-state index contributed by atoms with van der Waals surface area (Å²) in [6, 6.07) is 0.375. The van der Waals surface area contributed by atoms with Crippen LogP contribution in [0.25, 0.3) is 0 Å². The van der Waals surface area contributed by atoms with Gasteiger partial charge in [0.15, 0.2) is 5.13 Å². The first kappa shape index (κ1) is 16.5. The van der Waals surface area contributed by atoms with Gasteiger partial charge in [-0.05, 0) is 19.8 Å². The van der Waals surface area contributed by atoms with Crippen LogP contribution in [-0.2, 0) is 6.54 Å². The Hall–Kier alpha value is -0.820. The van der Waals surface area contributed by atoms with Gasteiger partial charge in [0.2, 0.25) is 0 Å². The summed E-state index contributed by atoms with van der Waals surface area (Å²) in [5.74, 6) is -1.23. The first-order chi connectivity index (χ1) is 9.77. The first-order valence-electron chi connectivity index (χ1n) is 7.28. The summed E-state index contributed by atoms with van der Waals surface area (Å²) in [6.45, 7) is 7.47. The fourth-order valence-electron chi connectivity index (χ4n) is 2.43. The standard InChI is InChI=1S/C14H22F3N3S/c1-9(2)18-7-12-10(3)19-13(21-12)20-6-4-5-11(8-20)14(15,16)17/h9,11,18H,4-8H2,1-3H3. The van der Waals surface area contributed by atoms with E-state index in [9.17, 15) is 13.2 Å². The number of hydrogen-bond donors (Lipinski definition) is 1. The molecule has 120 valence electrons. The lowest BCUT2D eigenvalue weighted by Crippen LogP contribution is -2.41. The maximum atomic E-state index is 12.9. The van der Waals surface area contributed by atoms with Crippen molar-refractivity contribution in [3.05, 3.63) is 10.6 Å². The first-order valence-corrected chi connectivity index (χ1v) is 8.10. The lowest BCUT2D eigenvalue weighted by atomic mass is 9.98. The maximum Gasteiger partial charge on any atom is 0.393 e. The number of halogens is 3. The van der Waals surface area contributed by atoms with Crippen LogP contribution >= 0.6 is 11.3 Å². The average Bonchev–Trinajstić information content (AvgIpc) is 2.77. The topological polar surface area (TPSA) is 28.2 Å². The largest absolute Gasteiger partial charge is 0.393 e. The molecule has 0 saturated carbocycles. The lowest BCUT2D eigenvalue weighted by Gasteiger charge is -2.33. The zero-order valence-electron chi connectivity index (χ0n) is 12.6. The van der Waals surface area contributed by atoms with Crippen molar-refractivity contribution >= 4 is 16.5 Å². The Kier molecular flexibility index (Phi) is 5.14. The van der Waals surface area contributed by atoms with E-state index >= 15 is 0 Å². The molecule has 1 atom stereocenters. The van der Waals surface area contributed by atoms with E-state index in [1.165, 1.54) is 11.3 Å². The van der Waals surface area contributed by atoms with Gasteiger partial charge >= 0.3 is 6.18 Å². The van der Waals surface area contributed by atoms with E-state index < -0.39 is 12.1 Å². The number of thiazole rings is 1. The monoisotopic (exact) mass is 321 g/mol. The van der Waals surface area contributed by atoms with Gasteiger partial charge in [-0.3, -0.25) is 0 Å². The number of nitrogens with zero attached hydrogens (tertiary/aromatic N) is 2. The van der Waals surface area contributed by atoms with Gasteiger partial charge in [-0.1, -0.05) is 13.8 Å². The molecule has 2 rings (SSSR count). The maximum absolute atomic E-state index is 12.9. The molecule has 1 aliphatic heterocycles. The summed E-state index contributed by atoms with van der Waals surface area (Å²) >= 11 is 1.51. The number of anilines is 1. The second kappa shape index (κ2) is 6.52. The summed E-state index contributed by atoms with van der Waals surface area (Å²) < 4.78 is 38.6. The van der Waals surface area contributed by atoms with Crippen molar-refractivity contribution in [3.8, 4) is 0 Å². The van der Waals surface area contributed by atoms with Crippen molar-refractivity contribution in [1.29, 1.82) is 0 Å². The van der Waals surface area contributed by atoms with Gasteiger partial charge in [0.25, 0.3) is 0 Å².